The summed E-state index contributed by atoms with van der Waals surface area (Å²) in [4.78, 5) is 50.6. The molecule has 0 aliphatic heterocycles. The first-order chi connectivity index (χ1) is 44.5. The Bertz CT molecular complexity index is 5120. The highest BCUT2D eigenvalue weighted by Gasteiger charge is 2.25. The minimum absolute atomic E-state index is 0.312. The van der Waals surface area contributed by atoms with Gasteiger partial charge < -0.3 is 9.13 Å². The molecule has 90 heavy (non-hydrogen) atoms. The fraction of sp³-hybridized carbons (Fsp3) is 0. The van der Waals surface area contributed by atoms with E-state index in [1.54, 1.807) is 0 Å². The SMILES string of the molecule is [C-]#[N+]c1ccc(-n2c3ccccc3c3ccc(-c4nc(-c5ccccc5)nc(-c5ccccc5)n4)cc32)c(-c2nc(-c3ccccc3)nc(-c3cc(C#N)ccc3-n3c4ccccc4c4ccc(-c5nc(-c6ccccc6)nc(-c6ccccc6)n5)cc43)n2)c1. The summed E-state index contributed by atoms with van der Waals surface area (Å²) in [7, 11) is 0. The normalized spacial score (nSPS) is 11.3. The highest BCUT2D eigenvalue weighted by Crippen LogP contribution is 2.42. The summed E-state index contributed by atoms with van der Waals surface area (Å²) in [5, 5.41) is 14.8. The van der Waals surface area contributed by atoms with Gasteiger partial charge in [-0.15, -0.1) is 0 Å². The van der Waals surface area contributed by atoms with Crippen LogP contribution < -0.4 is 0 Å². The number of nitriles is 1. The van der Waals surface area contributed by atoms with Gasteiger partial charge in [-0.25, -0.2) is 49.7 Å². The van der Waals surface area contributed by atoms with E-state index in [9.17, 15) is 5.26 Å². The molecule has 11 aromatic carbocycles. The van der Waals surface area contributed by atoms with Crippen molar-refractivity contribution < 1.29 is 0 Å². The number of fused-ring (bicyclic) bond motifs is 6. The molecule has 13 nitrogen and oxygen atoms in total. The van der Waals surface area contributed by atoms with E-state index < -0.39 is 0 Å². The average molecular weight is 1150 g/mol. The van der Waals surface area contributed by atoms with Crippen molar-refractivity contribution in [3.05, 3.63) is 290 Å². The Labute approximate surface area is 515 Å². The van der Waals surface area contributed by atoms with Gasteiger partial charge in [-0.3, -0.25) is 0 Å². The second kappa shape index (κ2) is 22.1. The molecule has 0 fully saturated rings. The van der Waals surface area contributed by atoms with Crippen molar-refractivity contribution in [2.24, 2.45) is 0 Å². The quantitative estimate of drug-likeness (QED) is 0.114. The smallest absolute Gasteiger partial charge is 0.188 e. The number of rotatable bonds is 11. The summed E-state index contributed by atoms with van der Waals surface area (Å²) < 4.78 is 4.41. The summed E-state index contributed by atoms with van der Waals surface area (Å²) in [5.41, 5.74) is 12.7. The van der Waals surface area contributed by atoms with Crippen LogP contribution in [0.2, 0.25) is 0 Å². The maximum atomic E-state index is 10.7. The Balaban J connectivity index is 0.909. The van der Waals surface area contributed by atoms with Gasteiger partial charge >= 0.3 is 0 Å². The van der Waals surface area contributed by atoms with Crippen molar-refractivity contribution in [2.45, 2.75) is 0 Å². The molecule has 16 aromatic rings. The minimum Gasteiger partial charge on any atom is -0.309 e. The Morgan fingerprint density at radius 3 is 0.967 bits per heavy atom. The fourth-order valence-corrected chi connectivity index (χ4v) is 11.9. The van der Waals surface area contributed by atoms with E-state index in [4.69, 9.17) is 51.4 Å². The number of benzene rings is 11. The minimum atomic E-state index is 0.312. The molecule has 5 aromatic heterocycles. The van der Waals surface area contributed by atoms with E-state index in [1.807, 2.05) is 212 Å². The van der Waals surface area contributed by atoms with E-state index >= 15 is 0 Å². The molecule has 0 aliphatic rings. The zero-order chi connectivity index (χ0) is 60.1. The molecule has 0 aliphatic carbocycles. The Morgan fingerprint density at radius 1 is 0.278 bits per heavy atom. The molecule has 0 spiro atoms. The average Bonchev–Trinajstić information content (AvgIpc) is 1.64. The van der Waals surface area contributed by atoms with Crippen LogP contribution in [-0.2, 0) is 0 Å². The van der Waals surface area contributed by atoms with E-state index in [1.165, 1.54) is 0 Å². The van der Waals surface area contributed by atoms with E-state index in [2.05, 4.69) is 80.7 Å². The van der Waals surface area contributed by atoms with Gasteiger partial charge in [0.25, 0.3) is 0 Å². The molecule has 0 bridgehead atoms. The van der Waals surface area contributed by atoms with Crippen molar-refractivity contribution in [3.63, 3.8) is 0 Å². The molecule has 0 N–H and O–H groups in total. The number of aromatic nitrogens is 11. The predicted octanol–water partition coefficient (Wildman–Crippen LogP) is 17.9. The monoisotopic (exact) mass is 1150 g/mol. The standard InChI is InChI=1S/C77H45N13/c1-79-56-38-42-66(90-64-34-20-18-32-58(64)60-40-37-55(45-68(60)90)75-84-71(51-25-11-4-12-26-51)81-72(85-75)52-27-13-5-14-28-52)62(46-56)77-87-73(53-29-15-6-16-30-53)86-76(88-77)61-43-48(47-78)35-41-65(61)89-63-33-19-17-31-57(63)59-39-36-54(44-67(59)89)74-82-69(49-21-7-2-8-22-49)80-70(83-74)50-23-9-3-10-24-50/h2-46H. The molecule has 0 radical (unpaired) electrons. The zero-order valence-corrected chi connectivity index (χ0v) is 47.8. The molecule has 0 atom stereocenters. The van der Waals surface area contributed by atoms with Crippen molar-refractivity contribution in [1.82, 2.24) is 54.0 Å². The topological polar surface area (TPSA) is 154 Å². The van der Waals surface area contributed by atoms with Gasteiger partial charge in [0.2, 0.25) is 0 Å². The molecule has 0 unspecified atom stereocenters. The second-order valence-electron chi connectivity index (χ2n) is 21.6. The van der Waals surface area contributed by atoms with Crippen molar-refractivity contribution in [1.29, 1.82) is 5.26 Å². The maximum Gasteiger partial charge on any atom is 0.188 e. The van der Waals surface area contributed by atoms with Crippen LogP contribution in [0.15, 0.2) is 273 Å². The molecule has 0 saturated carbocycles. The fourth-order valence-electron chi connectivity index (χ4n) is 11.9. The molecule has 5 heterocycles. The highest BCUT2D eigenvalue weighted by molar-refractivity contribution is 6.12. The van der Waals surface area contributed by atoms with Crippen LogP contribution in [0.3, 0.4) is 0 Å². The third-order valence-corrected chi connectivity index (χ3v) is 16.1. The van der Waals surface area contributed by atoms with E-state index in [-0.39, 0.29) is 0 Å². The van der Waals surface area contributed by atoms with Crippen LogP contribution >= 0.6 is 0 Å². The molecule has 16 rings (SSSR count). The van der Waals surface area contributed by atoms with Crippen LogP contribution in [0.4, 0.5) is 5.69 Å². The number of nitrogens with zero attached hydrogens (tertiary/aromatic N) is 13. The number of hydrogen-bond donors (Lipinski definition) is 0. The van der Waals surface area contributed by atoms with Crippen LogP contribution in [-0.4, -0.2) is 54.0 Å². The van der Waals surface area contributed by atoms with Gasteiger partial charge in [0.1, 0.15) is 0 Å². The second-order valence-corrected chi connectivity index (χ2v) is 21.6. The van der Waals surface area contributed by atoms with Gasteiger partial charge in [-0.1, -0.05) is 218 Å². The van der Waals surface area contributed by atoms with Crippen molar-refractivity contribution in [2.75, 3.05) is 0 Å². The maximum absolute atomic E-state index is 10.7. The van der Waals surface area contributed by atoms with Gasteiger partial charge in [-0.2, -0.15) is 5.26 Å². The lowest BCUT2D eigenvalue weighted by atomic mass is 10.1. The Hall–Kier alpha value is -13.0. The third kappa shape index (κ3) is 9.41. The summed E-state index contributed by atoms with van der Waals surface area (Å²) in [5.74, 6) is 4.25. The van der Waals surface area contributed by atoms with E-state index in [0.717, 1.165) is 88.2 Å². The molecule has 418 valence electrons. The van der Waals surface area contributed by atoms with Gasteiger partial charge in [0, 0.05) is 71.6 Å². The first-order valence-electron chi connectivity index (χ1n) is 29.2. The number of para-hydroxylation sites is 2. The molecule has 0 saturated heterocycles. The lowest BCUT2D eigenvalue weighted by Gasteiger charge is -2.17. The van der Waals surface area contributed by atoms with E-state index in [0.29, 0.717) is 80.5 Å². The summed E-state index contributed by atoms with van der Waals surface area (Å²) in [6.07, 6.45) is 0. The van der Waals surface area contributed by atoms with Crippen LogP contribution in [0, 0.1) is 17.9 Å². The molecular weight excluding hydrogens is 1110 g/mol. The van der Waals surface area contributed by atoms with Crippen molar-refractivity contribution >= 4 is 49.3 Å². The molecule has 0 amide bonds. The predicted molar refractivity (Wildman–Crippen MR) is 355 cm³/mol. The third-order valence-electron chi connectivity index (χ3n) is 16.1. The summed E-state index contributed by atoms with van der Waals surface area (Å²) in [6, 6.07) is 92.4. The van der Waals surface area contributed by atoms with Crippen molar-refractivity contribution in [3.8, 4) is 120 Å². The summed E-state index contributed by atoms with van der Waals surface area (Å²) >= 11 is 0. The Kier molecular flexibility index (Phi) is 12.9. The lowest BCUT2D eigenvalue weighted by Crippen LogP contribution is -2.06. The van der Waals surface area contributed by atoms with Crippen LogP contribution in [0.5, 0.6) is 0 Å². The van der Waals surface area contributed by atoms with Gasteiger partial charge in [0.15, 0.2) is 58.1 Å². The zero-order valence-electron chi connectivity index (χ0n) is 47.8. The first-order valence-corrected chi connectivity index (χ1v) is 29.2. The van der Waals surface area contributed by atoms with Crippen LogP contribution in [0.25, 0.3) is 162 Å². The Morgan fingerprint density at radius 2 is 0.589 bits per heavy atom. The van der Waals surface area contributed by atoms with Crippen LogP contribution in [0.1, 0.15) is 5.56 Å². The lowest BCUT2D eigenvalue weighted by molar-refractivity contribution is 1.06. The number of hydrogen-bond acceptors (Lipinski definition) is 10. The highest BCUT2D eigenvalue weighted by atomic mass is 15.1. The first kappa shape index (κ1) is 52.6. The van der Waals surface area contributed by atoms with Gasteiger partial charge in [-0.05, 0) is 54.6 Å². The molecular formula is C77H45N13. The summed E-state index contributed by atoms with van der Waals surface area (Å²) in [6.45, 7) is 8.40. The largest absolute Gasteiger partial charge is 0.309 e. The molecule has 13 heteroatoms. The van der Waals surface area contributed by atoms with Gasteiger partial charge in [0.05, 0.1) is 51.6 Å².